The van der Waals surface area contributed by atoms with Crippen LogP contribution >= 0.6 is 0 Å². The standard InChI is InChI=1S/C12H12F10O4/c1-2-25-8(12(20,21)22)10(15,16)6-4-24-3-5(26-6)9(13,14)7(23)11(17,18)19/h2,5-8,23H,1,3-4H2. The van der Waals surface area contributed by atoms with E-state index in [4.69, 9.17) is 5.11 Å². The van der Waals surface area contributed by atoms with Crippen molar-refractivity contribution in [3.8, 4) is 0 Å². The molecule has 1 heterocycles. The first-order valence-electron chi connectivity index (χ1n) is 6.62. The summed E-state index contributed by atoms with van der Waals surface area (Å²) < 4.78 is 142. The Hall–Kier alpha value is -1.28. The Morgan fingerprint density at radius 2 is 1.35 bits per heavy atom. The molecule has 1 aliphatic rings. The molecule has 0 bridgehead atoms. The number of aliphatic hydroxyl groups excluding tert-OH is 1. The molecule has 0 radical (unpaired) electrons. The van der Waals surface area contributed by atoms with E-state index < -0.39 is 61.8 Å². The Kier molecular flexibility index (Phi) is 6.46. The van der Waals surface area contributed by atoms with Gasteiger partial charge in [0.15, 0.2) is 0 Å². The largest absolute Gasteiger partial charge is 0.483 e. The van der Waals surface area contributed by atoms with Crippen molar-refractivity contribution in [3.05, 3.63) is 12.8 Å². The molecule has 4 nitrogen and oxygen atoms in total. The van der Waals surface area contributed by atoms with Gasteiger partial charge in [0, 0.05) is 0 Å². The summed E-state index contributed by atoms with van der Waals surface area (Å²) in [6.07, 6.45) is -25.8. The fraction of sp³-hybridized carbons (Fsp3) is 0.833. The molecule has 1 N–H and O–H groups in total. The highest BCUT2D eigenvalue weighted by molar-refractivity contribution is 4.97. The number of aliphatic hydroxyl groups is 1. The molecule has 4 unspecified atom stereocenters. The summed E-state index contributed by atoms with van der Waals surface area (Å²) in [6.45, 7) is -0.0364. The molecule has 0 aromatic rings. The Labute approximate surface area is 139 Å². The third kappa shape index (κ3) is 4.71. The molecule has 1 saturated heterocycles. The maximum atomic E-state index is 14.0. The lowest BCUT2D eigenvalue weighted by Gasteiger charge is -2.41. The second-order valence-corrected chi connectivity index (χ2v) is 5.17. The van der Waals surface area contributed by atoms with E-state index in [-0.39, 0.29) is 6.26 Å². The fourth-order valence-electron chi connectivity index (χ4n) is 2.01. The molecule has 4 atom stereocenters. The third-order valence-corrected chi connectivity index (χ3v) is 3.28. The van der Waals surface area contributed by atoms with Gasteiger partial charge < -0.3 is 19.3 Å². The molecule has 154 valence electrons. The maximum absolute atomic E-state index is 14.0. The van der Waals surface area contributed by atoms with Crippen molar-refractivity contribution < 1.29 is 63.2 Å². The zero-order valence-corrected chi connectivity index (χ0v) is 12.5. The zero-order chi connectivity index (χ0) is 20.6. The first-order valence-corrected chi connectivity index (χ1v) is 6.62. The van der Waals surface area contributed by atoms with Gasteiger partial charge in [-0.2, -0.15) is 35.1 Å². The molecule has 26 heavy (non-hydrogen) atoms. The van der Waals surface area contributed by atoms with Gasteiger partial charge in [-0.15, -0.1) is 0 Å². The summed E-state index contributed by atoms with van der Waals surface area (Å²) in [4.78, 5) is 0. The normalized spacial score (nSPS) is 25.5. The summed E-state index contributed by atoms with van der Waals surface area (Å²) in [5, 5.41) is 8.66. The van der Waals surface area contributed by atoms with Crippen LogP contribution in [-0.4, -0.2) is 66.9 Å². The first-order chi connectivity index (χ1) is 11.6. The number of hydrogen-bond acceptors (Lipinski definition) is 4. The van der Waals surface area contributed by atoms with Gasteiger partial charge in [0.1, 0.15) is 12.2 Å². The second-order valence-electron chi connectivity index (χ2n) is 5.17. The third-order valence-electron chi connectivity index (χ3n) is 3.28. The SMILES string of the molecule is C=COC(C(F)(F)F)C(F)(F)C1COCC(C(F)(F)C(O)C(F)(F)F)O1. The lowest BCUT2D eigenvalue weighted by molar-refractivity contribution is -0.348. The van der Waals surface area contributed by atoms with Crippen LogP contribution in [0.2, 0.25) is 0 Å². The van der Waals surface area contributed by atoms with E-state index in [1.54, 1.807) is 0 Å². The highest BCUT2D eigenvalue weighted by Crippen LogP contribution is 2.42. The topological polar surface area (TPSA) is 47.9 Å². The highest BCUT2D eigenvalue weighted by atomic mass is 19.4. The highest BCUT2D eigenvalue weighted by Gasteiger charge is 2.66. The van der Waals surface area contributed by atoms with Gasteiger partial charge in [-0.25, -0.2) is 8.78 Å². The van der Waals surface area contributed by atoms with Crippen molar-refractivity contribution >= 4 is 0 Å². The Morgan fingerprint density at radius 1 is 0.885 bits per heavy atom. The van der Waals surface area contributed by atoms with E-state index in [0.29, 0.717) is 0 Å². The minimum atomic E-state index is -5.84. The van der Waals surface area contributed by atoms with Gasteiger partial charge in [-0.3, -0.25) is 0 Å². The Bertz CT molecular complexity index is 489. The van der Waals surface area contributed by atoms with Crippen LogP contribution in [0, 0.1) is 0 Å². The maximum Gasteiger partial charge on any atom is 0.431 e. The quantitative estimate of drug-likeness (QED) is 0.540. The van der Waals surface area contributed by atoms with Crippen LogP contribution in [0.1, 0.15) is 0 Å². The van der Waals surface area contributed by atoms with Gasteiger partial charge in [0.25, 0.3) is 6.10 Å². The number of hydrogen-bond donors (Lipinski definition) is 1. The van der Waals surface area contributed by atoms with Gasteiger partial charge in [0.2, 0.25) is 6.10 Å². The Morgan fingerprint density at radius 3 is 1.73 bits per heavy atom. The molecule has 0 amide bonds. The van der Waals surface area contributed by atoms with Crippen molar-refractivity contribution in [1.29, 1.82) is 0 Å². The van der Waals surface area contributed by atoms with E-state index in [1.165, 1.54) is 0 Å². The second kappa shape index (κ2) is 7.38. The smallest absolute Gasteiger partial charge is 0.431 e. The van der Waals surface area contributed by atoms with Crippen molar-refractivity contribution in [1.82, 2.24) is 0 Å². The lowest BCUT2D eigenvalue weighted by atomic mass is 10.0. The molecule has 0 saturated carbocycles. The predicted molar refractivity (Wildman–Crippen MR) is 62.6 cm³/mol. The van der Waals surface area contributed by atoms with Crippen molar-refractivity contribution in [3.63, 3.8) is 0 Å². The van der Waals surface area contributed by atoms with Gasteiger partial charge in [-0.1, -0.05) is 6.58 Å². The summed E-state index contributed by atoms with van der Waals surface area (Å²) in [6, 6.07) is 0. The molecule has 14 heteroatoms. The van der Waals surface area contributed by atoms with Crippen LogP contribution in [0.5, 0.6) is 0 Å². The molecule has 0 aliphatic carbocycles. The first kappa shape index (κ1) is 22.8. The zero-order valence-electron chi connectivity index (χ0n) is 12.5. The predicted octanol–water partition coefficient (Wildman–Crippen LogP) is 3.06. The van der Waals surface area contributed by atoms with Crippen LogP contribution in [0.3, 0.4) is 0 Å². The van der Waals surface area contributed by atoms with E-state index >= 15 is 0 Å². The van der Waals surface area contributed by atoms with Crippen LogP contribution in [0.4, 0.5) is 43.9 Å². The number of rotatable bonds is 6. The minimum Gasteiger partial charge on any atom is -0.483 e. The number of alkyl halides is 10. The molecule has 0 spiro atoms. The van der Waals surface area contributed by atoms with Crippen LogP contribution in [-0.2, 0) is 14.2 Å². The van der Waals surface area contributed by atoms with Crippen molar-refractivity contribution in [2.45, 2.75) is 48.6 Å². The van der Waals surface area contributed by atoms with Crippen molar-refractivity contribution in [2.24, 2.45) is 0 Å². The molecular weight excluding hydrogens is 398 g/mol. The summed E-state index contributed by atoms with van der Waals surface area (Å²) >= 11 is 0. The Balaban J connectivity index is 3.08. The van der Waals surface area contributed by atoms with Crippen LogP contribution in [0.15, 0.2) is 12.8 Å². The van der Waals surface area contributed by atoms with Crippen molar-refractivity contribution in [2.75, 3.05) is 13.2 Å². The molecule has 0 aromatic carbocycles. The number of halogens is 10. The monoisotopic (exact) mass is 410 g/mol. The fourth-order valence-corrected chi connectivity index (χ4v) is 2.01. The van der Waals surface area contributed by atoms with Gasteiger partial charge >= 0.3 is 24.2 Å². The van der Waals surface area contributed by atoms with E-state index in [0.717, 1.165) is 0 Å². The van der Waals surface area contributed by atoms with E-state index in [1.807, 2.05) is 0 Å². The molecule has 0 aromatic heterocycles. The number of ether oxygens (including phenoxy) is 3. The average molecular weight is 410 g/mol. The van der Waals surface area contributed by atoms with Crippen LogP contribution < -0.4 is 0 Å². The van der Waals surface area contributed by atoms with E-state index in [2.05, 4.69) is 20.8 Å². The van der Waals surface area contributed by atoms with Crippen LogP contribution in [0.25, 0.3) is 0 Å². The summed E-state index contributed by atoms with van der Waals surface area (Å²) in [5.74, 6) is -10.2. The molecule has 1 aliphatic heterocycles. The lowest BCUT2D eigenvalue weighted by Crippen LogP contribution is -2.62. The molecule has 1 fully saturated rings. The van der Waals surface area contributed by atoms with E-state index in [9.17, 15) is 43.9 Å². The molecule has 1 rings (SSSR count). The summed E-state index contributed by atoms with van der Waals surface area (Å²) in [7, 11) is 0. The average Bonchev–Trinajstić information content (AvgIpc) is 2.49. The van der Waals surface area contributed by atoms with Gasteiger partial charge in [0.05, 0.1) is 19.5 Å². The molecular formula is C12H12F10O4. The minimum absolute atomic E-state index is 0.0231. The van der Waals surface area contributed by atoms with Gasteiger partial charge in [-0.05, 0) is 0 Å². The summed E-state index contributed by atoms with van der Waals surface area (Å²) in [5.41, 5.74) is 0.